The summed E-state index contributed by atoms with van der Waals surface area (Å²) in [6, 6.07) is 0. The van der Waals surface area contributed by atoms with Gasteiger partial charge in [0.15, 0.2) is 0 Å². The van der Waals surface area contributed by atoms with E-state index in [1.807, 2.05) is 13.8 Å². The Bertz CT molecular complexity index is 267. The van der Waals surface area contributed by atoms with Gasteiger partial charge < -0.3 is 0 Å². The molecular weight excluding hydrogens is 186 g/mol. The van der Waals surface area contributed by atoms with Crippen LogP contribution in [0.2, 0.25) is 0 Å². The Kier molecular flexibility index (Phi) is 4.64. The molecule has 0 rings (SSSR count). The summed E-state index contributed by atoms with van der Waals surface area (Å²) in [7, 11) is -3.11. The quantitative estimate of drug-likeness (QED) is 0.640. The average Bonchev–Trinajstić information content (AvgIpc) is 1.99. The van der Waals surface area contributed by atoms with Crippen LogP contribution in [-0.2, 0) is 10.0 Å². The molecule has 0 atom stereocenters. The van der Waals surface area contributed by atoms with Gasteiger partial charge in [-0.05, 0) is 20.8 Å². The third-order valence-electron chi connectivity index (χ3n) is 1.75. The number of sulfonamides is 1. The minimum absolute atomic E-state index is 0.355. The van der Waals surface area contributed by atoms with Gasteiger partial charge in [0, 0.05) is 13.1 Å². The lowest BCUT2D eigenvalue weighted by atomic mass is 10.3. The van der Waals surface area contributed by atoms with E-state index in [1.165, 1.54) is 4.31 Å². The Hall–Kier alpha value is -0.350. The summed E-state index contributed by atoms with van der Waals surface area (Å²) in [5, 5.41) is -0.355. The lowest BCUT2D eigenvalue weighted by molar-refractivity contribution is 0.446. The second kappa shape index (κ2) is 4.77. The van der Waals surface area contributed by atoms with Gasteiger partial charge in [-0.25, -0.2) is 8.42 Å². The molecule has 0 fully saturated rings. The highest BCUT2D eigenvalue weighted by Gasteiger charge is 2.23. The number of hydrogen-bond acceptors (Lipinski definition) is 2. The predicted molar refractivity (Wildman–Crippen MR) is 56.1 cm³/mol. The third-order valence-corrected chi connectivity index (χ3v) is 4.05. The fourth-order valence-corrected chi connectivity index (χ4v) is 2.34. The molecule has 0 aliphatic carbocycles. The third kappa shape index (κ3) is 3.48. The van der Waals surface area contributed by atoms with Gasteiger partial charge in [0.25, 0.3) is 0 Å². The normalized spacial score (nSPS) is 12.5. The molecule has 4 heteroatoms. The van der Waals surface area contributed by atoms with Crippen molar-refractivity contribution in [3.8, 4) is 0 Å². The minimum atomic E-state index is -3.11. The summed E-state index contributed by atoms with van der Waals surface area (Å²) in [6.07, 6.45) is 0. The van der Waals surface area contributed by atoms with Crippen molar-refractivity contribution in [3.05, 3.63) is 12.2 Å². The van der Waals surface area contributed by atoms with Crippen LogP contribution in [0.4, 0.5) is 0 Å². The molecule has 0 amide bonds. The van der Waals surface area contributed by atoms with Crippen LogP contribution >= 0.6 is 0 Å². The van der Waals surface area contributed by atoms with Crippen LogP contribution in [0.5, 0.6) is 0 Å². The van der Waals surface area contributed by atoms with Crippen LogP contribution in [0.1, 0.15) is 27.7 Å². The first-order valence-corrected chi connectivity index (χ1v) is 5.96. The summed E-state index contributed by atoms with van der Waals surface area (Å²) >= 11 is 0. The number of likely N-dealkylation sites (N-methyl/N-ethyl adjacent to an activating group) is 1. The van der Waals surface area contributed by atoms with Crippen LogP contribution in [0.3, 0.4) is 0 Å². The Morgan fingerprint density at radius 1 is 1.46 bits per heavy atom. The Labute approximate surface area is 81.5 Å². The molecule has 0 aliphatic rings. The molecule has 0 bridgehead atoms. The molecule has 78 valence electrons. The molecule has 13 heavy (non-hydrogen) atoms. The molecular formula is C9H19NO2S. The summed E-state index contributed by atoms with van der Waals surface area (Å²) in [5.41, 5.74) is 0.867. The van der Waals surface area contributed by atoms with E-state index < -0.39 is 10.0 Å². The SMILES string of the molecule is C=C(C)CN(CC)S(=O)(=O)C(C)C. The van der Waals surface area contributed by atoms with Gasteiger partial charge >= 0.3 is 0 Å². The highest BCUT2D eigenvalue weighted by atomic mass is 32.2. The largest absolute Gasteiger partial charge is 0.216 e. The van der Waals surface area contributed by atoms with Crippen molar-refractivity contribution >= 4 is 10.0 Å². The van der Waals surface area contributed by atoms with Gasteiger partial charge in [0.2, 0.25) is 10.0 Å². The van der Waals surface area contributed by atoms with E-state index >= 15 is 0 Å². The van der Waals surface area contributed by atoms with Crippen LogP contribution in [0.15, 0.2) is 12.2 Å². The molecule has 0 aliphatic heterocycles. The van der Waals surface area contributed by atoms with E-state index in [0.717, 1.165) is 5.57 Å². The number of hydrogen-bond donors (Lipinski definition) is 0. The van der Waals surface area contributed by atoms with E-state index in [2.05, 4.69) is 6.58 Å². The number of nitrogens with zero attached hydrogens (tertiary/aromatic N) is 1. The summed E-state index contributed by atoms with van der Waals surface area (Å²) in [6.45, 7) is 11.7. The van der Waals surface area contributed by atoms with Gasteiger partial charge in [0.1, 0.15) is 0 Å². The van der Waals surface area contributed by atoms with E-state index in [-0.39, 0.29) is 5.25 Å². The Balaban J connectivity index is 4.68. The van der Waals surface area contributed by atoms with Crippen LogP contribution in [0.25, 0.3) is 0 Å². The van der Waals surface area contributed by atoms with E-state index in [0.29, 0.717) is 13.1 Å². The summed E-state index contributed by atoms with van der Waals surface area (Å²) in [5.74, 6) is 0. The zero-order valence-electron chi connectivity index (χ0n) is 8.87. The predicted octanol–water partition coefficient (Wildman–Crippen LogP) is 1.62. The van der Waals surface area contributed by atoms with Gasteiger partial charge in [-0.1, -0.05) is 19.1 Å². The lowest BCUT2D eigenvalue weighted by Crippen LogP contribution is -2.37. The highest BCUT2D eigenvalue weighted by molar-refractivity contribution is 7.89. The molecule has 3 nitrogen and oxygen atoms in total. The number of rotatable bonds is 5. The molecule has 0 saturated carbocycles. The highest BCUT2D eigenvalue weighted by Crippen LogP contribution is 2.09. The maximum atomic E-state index is 11.7. The second-order valence-electron chi connectivity index (χ2n) is 3.48. The molecule has 0 saturated heterocycles. The molecule has 0 N–H and O–H groups in total. The monoisotopic (exact) mass is 205 g/mol. The maximum Gasteiger partial charge on any atom is 0.216 e. The van der Waals surface area contributed by atoms with Crippen LogP contribution < -0.4 is 0 Å². The van der Waals surface area contributed by atoms with Crippen molar-refractivity contribution in [2.75, 3.05) is 13.1 Å². The standard InChI is InChI=1S/C9H19NO2S/c1-6-10(7-8(2)3)13(11,12)9(4)5/h9H,2,6-7H2,1,3-5H3. The molecule has 0 radical (unpaired) electrons. The first kappa shape index (κ1) is 12.7. The first-order chi connectivity index (χ1) is 5.82. The van der Waals surface area contributed by atoms with Crippen molar-refractivity contribution in [1.29, 1.82) is 0 Å². The zero-order chi connectivity index (χ0) is 10.6. The van der Waals surface area contributed by atoms with Crippen LogP contribution in [0, 0.1) is 0 Å². The van der Waals surface area contributed by atoms with Crippen molar-refractivity contribution in [3.63, 3.8) is 0 Å². The fraction of sp³-hybridized carbons (Fsp3) is 0.778. The van der Waals surface area contributed by atoms with Gasteiger partial charge in [-0.3, -0.25) is 0 Å². The van der Waals surface area contributed by atoms with Crippen molar-refractivity contribution < 1.29 is 8.42 Å². The van der Waals surface area contributed by atoms with Gasteiger partial charge in [0.05, 0.1) is 5.25 Å². The first-order valence-electron chi connectivity index (χ1n) is 4.45. The van der Waals surface area contributed by atoms with Crippen molar-refractivity contribution in [1.82, 2.24) is 4.31 Å². The van der Waals surface area contributed by atoms with Gasteiger partial charge in [-0.15, -0.1) is 0 Å². The van der Waals surface area contributed by atoms with E-state index in [4.69, 9.17) is 0 Å². The topological polar surface area (TPSA) is 37.4 Å². The van der Waals surface area contributed by atoms with Crippen molar-refractivity contribution in [2.45, 2.75) is 32.9 Å². The molecule has 0 aromatic carbocycles. The average molecular weight is 205 g/mol. The van der Waals surface area contributed by atoms with Crippen molar-refractivity contribution in [2.24, 2.45) is 0 Å². The smallest absolute Gasteiger partial charge is 0.212 e. The summed E-state index contributed by atoms with van der Waals surface area (Å²) in [4.78, 5) is 0. The second-order valence-corrected chi connectivity index (χ2v) is 5.97. The Morgan fingerprint density at radius 3 is 2.15 bits per heavy atom. The maximum absolute atomic E-state index is 11.7. The Morgan fingerprint density at radius 2 is 1.92 bits per heavy atom. The molecule has 0 unspecified atom stereocenters. The zero-order valence-corrected chi connectivity index (χ0v) is 9.69. The molecule has 0 aromatic heterocycles. The van der Waals surface area contributed by atoms with Crippen LogP contribution in [-0.4, -0.2) is 31.1 Å². The molecule has 0 aromatic rings. The summed E-state index contributed by atoms with van der Waals surface area (Å²) < 4.78 is 24.8. The van der Waals surface area contributed by atoms with E-state index in [9.17, 15) is 8.42 Å². The molecule has 0 heterocycles. The lowest BCUT2D eigenvalue weighted by Gasteiger charge is -2.22. The minimum Gasteiger partial charge on any atom is -0.212 e. The van der Waals surface area contributed by atoms with Gasteiger partial charge in [-0.2, -0.15) is 4.31 Å². The fourth-order valence-electron chi connectivity index (χ4n) is 0.981. The van der Waals surface area contributed by atoms with E-state index in [1.54, 1.807) is 13.8 Å². The molecule has 0 spiro atoms.